The van der Waals surface area contributed by atoms with Gasteiger partial charge in [0.15, 0.2) is 0 Å². The van der Waals surface area contributed by atoms with Gasteiger partial charge in [0.1, 0.15) is 24.7 Å². The lowest BCUT2D eigenvalue weighted by Crippen LogP contribution is -2.47. The highest BCUT2D eigenvalue weighted by Gasteiger charge is 2.31. The average Bonchev–Trinajstić information content (AvgIpc) is 3.41. The average molecular weight is 522 g/mol. The van der Waals surface area contributed by atoms with Crippen LogP contribution < -0.4 is 10.1 Å². The van der Waals surface area contributed by atoms with Gasteiger partial charge in [0, 0.05) is 36.8 Å². The Morgan fingerprint density at radius 3 is 2.76 bits per heavy atom. The molecular weight excluding hydrogens is 486 g/mol. The number of hydrogen-bond acceptors (Lipinski definition) is 8. The third kappa shape index (κ3) is 7.14. The molecule has 4 rings (SSSR count). The molecule has 0 saturated heterocycles. The van der Waals surface area contributed by atoms with Gasteiger partial charge in [-0.1, -0.05) is 37.3 Å². The molecule has 0 radical (unpaired) electrons. The number of hydrogen-bond donors (Lipinski definition) is 2. The Kier molecular flexibility index (Phi) is 9.03. The van der Waals surface area contributed by atoms with Gasteiger partial charge >= 0.3 is 0 Å². The van der Waals surface area contributed by atoms with E-state index in [0.717, 1.165) is 6.54 Å². The van der Waals surface area contributed by atoms with Crippen molar-refractivity contribution in [2.24, 2.45) is 5.92 Å². The summed E-state index contributed by atoms with van der Waals surface area (Å²) in [6, 6.07) is 15.3. The first-order valence-corrected chi connectivity index (χ1v) is 12.8. The van der Waals surface area contributed by atoms with Crippen molar-refractivity contribution in [1.82, 2.24) is 30.0 Å². The van der Waals surface area contributed by atoms with E-state index in [4.69, 9.17) is 4.74 Å². The van der Waals surface area contributed by atoms with Gasteiger partial charge in [-0.15, -0.1) is 5.10 Å². The molecule has 2 aromatic carbocycles. The van der Waals surface area contributed by atoms with E-state index in [2.05, 4.69) is 51.8 Å². The highest BCUT2D eigenvalue weighted by Crippen LogP contribution is 2.29. The third-order valence-electron chi connectivity index (χ3n) is 6.68. The third-order valence-corrected chi connectivity index (χ3v) is 6.68. The number of nitrogens with zero attached hydrogens (tertiary/aromatic N) is 6. The molecule has 0 unspecified atom stereocenters. The first-order valence-electron chi connectivity index (χ1n) is 12.8. The minimum absolute atomic E-state index is 0.00722. The summed E-state index contributed by atoms with van der Waals surface area (Å²) in [5.74, 6) is 0.226. The first kappa shape index (κ1) is 27.2. The molecule has 0 fully saturated rings. The van der Waals surface area contributed by atoms with Crippen LogP contribution in [-0.2, 0) is 29.1 Å². The maximum absolute atomic E-state index is 13.4. The normalized spacial score (nSPS) is 18.7. The smallest absolute Gasteiger partial charge is 0.246 e. The Morgan fingerprint density at radius 1 is 1.26 bits per heavy atom. The van der Waals surface area contributed by atoms with Crippen LogP contribution in [0.5, 0.6) is 5.75 Å². The molecule has 0 aliphatic carbocycles. The van der Waals surface area contributed by atoms with Gasteiger partial charge in [0.05, 0.1) is 19.1 Å². The van der Waals surface area contributed by atoms with E-state index in [9.17, 15) is 14.7 Å². The Hall–Kier alpha value is -3.83. The molecule has 2 amide bonds. The highest BCUT2D eigenvalue weighted by atomic mass is 16.5. The second-order valence-corrected chi connectivity index (χ2v) is 9.95. The molecular formula is C27H35N7O4. The number of aromatic nitrogens is 4. The minimum atomic E-state index is -0.326. The van der Waals surface area contributed by atoms with Crippen molar-refractivity contribution in [3.05, 3.63) is 66.0 Å². The van der Waals surface area contributed by atoms with E-state index in [1.54, 1.807) is 23.1 Å². The molecule has 202 valence electrons. The lowest BCUT2D eigenvalue weighted by molar-refractivity contribution is -0.134. The number of rotatable bonds is 9. The standard InChI is InChI=1S/C27H35N7O4/c1-19-13-34(20(2)17-35)27(37)12-22-11-23(29-26(36)16-33-18-28-30-31-33)9-10-24(22)38-25(19)15-32(3)14-21-7-5-4-6-8-21/h4-11,18-20,25,35H,12-17H2,1-3H3,(H,29,36)/t19-,20+,25-/m1/s1. The van der Waals surface area contributed by atoms with Gasteiger partial charge < -0.3 is 20.1 Å². The van der Waals surface area contributed by atoms with Crippen LogP contribution in [0.4, 0.5) is 5.69 Å². The predicted octanol–water partition coefficient (Wildman–Crippen LogP) is 1.59. The van der Waals surface area contributed by atoms with E-state index in [1.165, 1.54) is 16.6 Å². The Balaban J connectivity index is 1.57. The predicted molar refractivity (Wildman–Crippen MR) is 141 cm³/mol. The number of likely N-dealkylation sites (N-methyl/N-ethyl adjacent to an activating group) is 1. The highest BCUT2D eigenvalue weighted by molar-refractivity contribution is 5.91. The molecule has 0 bridgehead atoms. The molecule has 11 nitrogen and oxygen atoms in total. The number of anilines is 1. The first-order chi connectivity index (χ1) is 18.3. The van der Waals surface area contributed by atoms with Crippen LogP contribution in [0.25, 0.3) is 0 Å². The van der Waals surface area contributed by atoms with Crippen molar-refractivity contribution < 1.29 is 19.4 Å². The van der Waals surface area contributed by atoms with Crippen molar-refractivity contribution in [3.63, 3.8) is 0 Å². The molecule has 1 aromatic heterocycles. The molecule has 3 aromatic rings. The monoisotopic (exact) mass is 521 g/mol. The Bertz CT molecular complexity index is 1210. The second kappa shape index (κ2) is 12.6. The summed E-state index contributed by atoms with van der Waals surface area (Å²) in [4.78, 5) is 29.8. The number of tetrazole rings is 1. The fraction of sp³-hybridized carbons (Fsp3) is 0.444. The summed E-state index contributed by atoms with van der Waals surface area (Å²) in [5, 5.41) is 23.5. The number of amides is 2. The number of carbonyl (C=O) groups excluding carboxylic acids is 2. The van der Waals surface area contributed by atoms with Gasteiger partial charge in [-0.25, -0.2) is 4.68 Å². The van der Waals surface area contributed by atoms with E-state index in [1.807, 2.05) is 25.1 Å². The summed E-state index contributed by atoms with van der Waals surface area (Å²) >= 11 is 0. The summed E-state index contributed by atoms with van der Waals surface area (Å²) in [6.45, 7) is 5.64. The molecule has 38 heavy (non-hydrogen) atoms. The molecule has 0 saturated carbocycles. The second-order valence-electron chi connectivity index (χ2n) is 9.95. The zero-order valence-electron chi connectivity index (χ0n) is 22.0. The Morgan fingerprint density at radius 2 is 2.05 bits per heavy atom. The molecule has 0 spiro atoms. The topological polar surface area (TPSA) is 126 Å². The SMILES string of the molecule is C[C@@H]1CN([C@@H](C)CO)C(=O)Cc2cc(NC(=O)Cn3cnnn3)ccc2O[C@@H]1CN(C)Cc1ccccc1. The van der Waals surface area contributed by atoms with Crippen LogP contribution in [-0.4, -0.2) is 85.8 Å². The van der Waals surface area contributed by atoms with Crippen LogP contribution in [0.1, 0.15) is 25.0 Å². The quantitative estimate of drug-likeness (QED) is 0.435. The van der Waals surface area contributed by atoms with Crippen molar-refractivity contribution in [1.29, 1.82) is 0 Å². The van der Waals surface area contributed by atoms with Crippen LogP contribution in [0.15, 0.2) is 54.9 Å². The number of ether oxygens (including phenoxy) is 1. The summed E-state index contributed by atoms with van der Waals surface area (Å²) in [5.41, 5.74) is 2.43. The number of carbonyl (C=O) groups is 2. The van der Waals surface area contributed by atoms with Crippen molar-refractivity contribution in [2.75, 3.05) is 32.1 Å². The summed E-state index contributed by atoms with van der Waals surface area (Å²) < 4.78 is 7.89. The fourth-order valence-electron chi connectivity index (χ4n) is 4.59. The summed E-state index contributed by atoms with van der Waals surface area (Å²) in [7, 11) is 2.05. The molecule has 3 atom stereocenters. The van der Waals surface area contributed by atoms with Gasteiger partial charge in [0.25, 0.3) is 0 Å². The molecule has 1 aliphatic heterocycles. The lowest BCUT2D eigenvalue weighted by atomic mass is 10.0. The van der Waals surface area contributed by atoms with E-state index in [0.29, 0.717) is 30.1 Å². The maximum Gasteiger partial charge on any atom is 0.246 e. The zero-order chi connectivity index (χ0) is 27.1. The number of aliphatic hydroxyl groups is 1. The van der Waals surface area contributed by atoms with Crippen LogP contribution in [0.3, 0.4) is 0 Å². The van der Waals surface area contributed by atoms with Crippen molar-refractivity contribution >= 4 is 17.5 Å². The molecule has 11 heteroatoms. The largest absolute Gasteiger partial charge is 0.488 e. The minimum Gasteiger partial charge on any atom is -0.488 e. The zero-order valence-corrected chi connectivity index (χ0v) is 22.0. The number of fused-ring (bicyclic) bond motifs is 1. The van der Waals surface area contributed by atoms with Crippen molar-refractivity contribution in [3.8, 4) is 5.75 Å². The summed E-state index contributed by atoms with van der Waals surface area (Å²) in [6.07, 6.45) is 1.25. The van der Waals surface area contributed by atoms with E-state index >= 15 is 0 Å². The van der Waals surface area contributed by atoms with Crippen molar-refractivity contribution in [2.45, 2.75) is 45.5 Å². The maximum atomic E-state index is 13.4. The van der Waals surface area contributed by atoms with Gasteiger partial charge in [-0.05, 0) is 48.2 Å². The van der Waals surface area contributed by atoms with Crippen LogP contribution in [0.2, 0.25) is 0 Å². The number of aliphatic hydroxyl groups excluding tert-OH is 1. The molecule has 1 aliphatic rings. The fourth-order valence-corrected chi connectivity index (χ4v) is 4.59. The molecule has 2 N–H and O–H groups in total. The van der Waals surface area contributed by atoms with Crippen LogP contribution in [0, 0.1) is 5.92 Å². The molecule has 2 heterocycles. The van der Waals surface area contributed by atoms with Crippen LogP contribution >= 0.6 is 0 Å². The number of benzene rings is 2. The van der Waals surface area contributed by atoms with E-state index in [-0.39, 0.29) is 49.5 Å². The van der Waals surface area contributed by atoms with Gasteiger partial charge in [0.2, 0.25) is 11.8 Å². The lowest BCUT2D eigenvalue weighted by Gasteiger charge is -2.34. The van der Waals surface area contributed by atoms with E-state index < -0.39 is 0 Å². The van der Waals surface area contributed by atoms with Gasteiger partial charge in [-0.2, -0.15) is 0 Å². The van der Waals surface area contributed by atoms with Gasteiger partial charge in [-0.3, -0.25) is 14.5 Å². The Labute approximate surface area is 222 Å². The number of nitrogens with one attached hydrogen (secondary N) is 1.